The summed E-state index contributed by atoms with van der Waals surface area (Å²) in [6, 6.07) is 4.83. The number of hydrogen-bond donors (Lipinski definition) is 2. The van der Waals surface area contributed by atoms with Gasteiger partial charge in [-0.05, 0) is 24.1 Å². The first kappa shape index (κ1) is 13.3. The molecule has 1 rings (SSSR count). The molecule has 0 heterocycles. The van der Waals surface area contributed by atoms with Gasteiger partial charge in [0, 0.05) is 5.92 Å². The summed E-state index contributed by atoms with van der Waals surface area (Å²) >= 11 is 0. The summed E-state index contributed by atoms with van der Waals surface area (Å²) in [6.07, 6.45) is -3.90. The molecule has 0 bridgehead atoms. The molecule has 0 spiro atoms. The van der Waals surface area contributed by atoms with Crippen LogP contribution in [-0.4, -0.2) is 11.0 Å². The van der Waals surface area contributed by atoms with Crippen molar-refractivity contribution in [3.8, 4) is 0 Å². The van der Waals surface area contributed by atoms with E-state index in [9.17, 15) is 13.2 Å². The molecule has 6 heteroatoms. The van der Waals surface area contributed by atoms with Crippen molar-refractivity contribution >= 4 is 5.84 Å². The number of rotatable bonds is 3. The van der Waals surface area contributed by atoms with E-state index in [0.29, 0.717) is 12.0 Å². The van der Waals surface area contributed by atoms with E-state index in [4.69, 9.17) is 10.9 Å². The van der Waals surface area contributed by atoms with E-state index in [1.165, 1.54) is 12.1 Å². The van der Waals surface area contributed by atoms with Crippen LogP contribution in [0.4, 0.5) is 13.2 Å². The Balaban J connectivity index is 2.76. The molecule has 0 amide bonds. The van der Waals surface area contributed by atoms with Crippen molar-refractivity contribution in [1.29, 1.82) is 0 Å². The van der Waals surface area contributed by atoms with E-state index < -0.39 is 11.7 Å². The van der Waals surface area contributed by atoms with Crippen LogP contribution in [0.3, 0.4) is 0 Å². The summed E-state index contributed by atoms with van der Waals surface area (Å²) in [7, 11) is 0. The van der Waals surface area contributed by atoms with Crippen LogP contribution in [0.15, 0.2) is 29.4 Å². The number of hydrogen-bond acceptors (Lipinski definition) is 2. The topological polar surface area (TPSA) is 58.6 Å². The number of alkyl halides is 3. The second-order valence-corrected chi connectivity index (χ2v) is 3.82. The van der Waals surface area contributed by atoms with Crippen LogP contribution in [0.5, 0.6) is 0 Å². The molecule has 1 aromatic rings. The number of oxime groups is 1. The normalized spacial score (nSPS) is 14.7. The molecule has 0 unspecified atom stereocenters. The highest BCUT2D eigenvalue weighted by atomic mass is 19.4. The average molecular weight is 246 g/mol. The van der Waals surface area contributed by atoms with Gasteiger partial charge >= 0.3 is 6.18 Å². The maximum absolute atomic E-state index is 12.3. The fraction of sp³-hybridized carbons (Fsp3) is 0.364. The van der Waals surface area contributed by atoms with Crippen molar-refractivity contribution in [1.82, 2.24) is 0 Å². The van der Waals surface area contributed by atoms with Crippen LogP contribution in [0.25, 0.3) is 0 Å². The zero-order valence-corrected chi connectivity index (χ0v) is 9.20. The van der Waals surface area contributed by atoms with Crippen molar-refractivity contribution in [3.63, 3.8) is 0 Å². The van der Waals surface area contributed by atoms with Gasteiger partial charge in [-0.25, -0.2) is 0 Å². The third kappa shape index (κ3) is 3.65. The second kappa shape index (κ2) is 5.07. The van der Waals surface area contributed by atoms with Gasteiger partial charge in [0.05, 0.1) is 5.56 Å². The summed E-state index contributed by atoms with van der Waals surface area (Å²) in [5.74, 6) is -0.165. The summed E-state index contributed by atoms with van der Waals surface area (Å²) < 4.78 is 36.9. The van der Waals surface area contributed by atoms with Crippen LogP contribution in [0.1, 0.15) is 18.1 Å². The minimum absolute atomic E-state index is 0.0601. The van der Waals surface area contributed by atoms with Gasteiger partial charge in [-0.2, -0.15) is 13.2 Å². The molecule has 1 aromatic carbocycles. The molecule has 3 nitrogen and oxygen atoms in total. The van der Waals surface area contributed by atoms with Gasteiger partial charge in [0.15, 0.2) is 0 Å². The molecular formula is C11H13F3N2O. The molecule has 0 saturated carbocycles. The number of halogens is 3. The van der Waals surface area contributed by atoms with Crippen LogP contribution < -0.4 is 5.73 Å². The van der Waals surface area contributed by atoms with Crippen LogP contribution >= 0.6 is 0 Å². The Morgan fingerprint density at radius 1 is 1.35 bits per heavy atom. The van der Waals surface area contributed by atoms with Crippen molar-refractivity contribution in [2.75, 3.05) is 0 Å². The highest BCUT2D eigenvalue weighted by molar-refractivity contribution is 5.82. The molecule has 0 aliphatic carbocycles. The van der Waals surface area contributed by atoms with Crippen LogP contribution in [0.2, 0.25) is 0 Å². The molecule has 0 aliphatic heterocycles. The van der Waals surface area contributed by atoms with E-state index in [0.717, 1.165) is 12.1 Å². The van der Waals surface area contributed by atoms with Gasteiger partial charge in [0.1, 0.15) is 5.84 Å². The quantitative estimate of drug-likeness (QED) is 0.373. The van der Waals surface area contributed by atoms with Gasteiger partial charge in [-0.1, -0.05) is 24.2 Å². The molecule has 17 heavy (non-hydrogen) atoms. The molecular weight excluding hydrogens is 233 g/mol. The zero-order chi connectivity index (χ0) is 13.1. The number of nitrogens with zero attached hydrogens (tertiary/aromatic N) is 1. The Morgan fingerprint density at radius 3 is 2.29 bits per heavy atom. The lowest BCUT2D eigenvalue weighted by molar-refractivity contribution is -0.137. The number of amidine groups is 1. The second-order valence-electron chi connectivity index (χ2n) is 3.82. The van der Waals surface area contributed by atoms with Crippen molar-refractivity contribution in [2.45, 2.75) is 19.5 Å². The molecule has 0 aliphatic rings. The third-order valence-corrected chi connectivity index (χ3v) is 2.44. The highest BCUT2D eigenvalue weighted by Crippen LogP contribution is 2.29. The Morgan fingerprint density at radius 2 is 1.88 bits per heavy atom. The molecule has 0 fully saturated rings. The first-order chi connectivity index (χ1) is 7.84. The van der Waals surface area contributed by atoms with E-state index in [1.807, 2.05) is 0 Å². The predicted molar refractivity (Wildman–Crippen MR) is 57.7 cm³/mol. The lowest BCUT2D eigenvalue weighted by Crippen LogP contribution is -2.23. The van der Waals surface area contributed by atoms with Gasteiger partial charge in [0.2, 0.25) is 0 Å². The fourth-order valence-electron chi connectivity index (χ4n) is 1.39. The lowest BCUT2D eigenvalue weighted by Gasteiger charge is -2.11. The average Bonchev–Trinajstić information content (AvgIpc) is 2.27. The number of nitrogens with two attached hydrogens (primary N) is 1. The lowest BCUT2D eigenvalue weighted by atomic mass is 9.99. The zero-order valence-electron chi connectivity index (χ0n) is 9.20. The van der Waals surface area contributed by atoms with Crippen molar-refractivity contribution < 1.29 is 18.4 Å². The van der Waals surface area contributed by atoms with E-state index in [-0.39, 0.29) is 11.8 Å². The highest BCUT2D eigenvalue weighted by Gasteiger charge is 2.29. The maximum Gasteiger partial charge on any atom is 0.416 e. The van der Waals surface area contributed by atoms with E-state index >= 15 is 0 Å². The standard InChI is InChI=1S/C11H13F3N2O/c1-7(10(15)16-17)6-8-2-4-9(5-3-8)11(12,13)14/h2-5,7,17H,6H2,1H3,(H2,15,16)/t7-/m0/s1. The van der Waals surface area contributed by atoms with Gasteiger partial charge in [-0.3, -0.25) is 0 Å². The Kier molecular flexibility index (Phi) is 3.98. The third-order valence-electron chi connectivity index (χ3n) is 2.44. The molecule has 0 aromatic heterocycles. The summed E-state index contributed by atoms with van der Waals surface area (Å²) in [5, 5.41) is 11.3. The van der Waals surface area contributed by atoms with E-state index in [1.54, 1.807) is 6.92 Å². The van der Waals surface area contributed by atoms with Crippen LogP contribution in [0, 0.1) is 5.92 Å². The maximum atomic E-state index is 12.3. The molecule has 94 valence electrons. The summed E-state index contributed by atoms with van der Waals surface area (Å²) in [6.45, 7) is 1.73. The smallest absolute Gasteiger partial charge is 0.409 e. The molecule has 0 saturated heterocycles. The number of benzene rings is 1. The van der Waals surface area contributed by atoms with E-state index in [2.05, 4.69) is 5.16 Å². The van der Waals surface area contributed by atoms with Gasteiger partial charge in [0.25, 0.3) is 0 Å². The predicted octanol–water partition coefficient (Wildman–Crippen LogP) is 2.63. The monoisotopic (exact) mass is 246 g/mol. The summed E-state index contributed by atoms with van der Waals surface area (Å²) in [4.78, 5) is 0. The van der Waals surface area contributed by atoms with Crippen LogP contribution in [-0.2, 0) is 12.6 Å². The van der Waals surface area contributed by atoms with Crippen molar-refractivity contribution in [3.05, 3.63) is 35.4 Å². The molecule has 3 N–H and O–H groups in total. The largest absolute Gasteiger partial charge is 0.416 e. The van der Waals surface area contributed by atoms with Gasteiger partial charge in [-0.15, -0.1) is 0 Å². The first-order valence-electron chi connectivity index (χ1n) is 4.98. The summed E-state index contributed by atoms with van der Waals surface area (Å²) in [5.41, 5.74) is 5.41. The Bertz CT molecular complexity index is 398. The minimum Gasteiger partial charge on any atom is -0.409 e. The Hall–Kier alpha value is -1.72. The molecule has 0 radical (unpaired) electrons. The fourth-order valence-corrected chi connectivity index (χ4v) is 1.39. The van der Waals surface area contributed by atoms with Gasteiger partial charge < -0.3 is 10.9 Å². The SMILES string of the molecule is C[C@@H](Cc1ccc(C(F)(F)F)cc1)/C(N)=N/O. The Labute approximate surface area is 96.7 Å². The minimum atomic E-state index is -4.32. The van der Waals surface area contributed by atoms with Crippen molar-refractivity contribution in [2.24, 2.45) is 16.8 Å². The first-order valence-corrected chi connectivity index (χ1v) is 4.98. The molecule has 1 atom stereocenters.